The molecule has 1 unspecified atom stereocenters. The van der Waals surface area contributed by atoms with Gasteiger partial charge >= 0.3 is 0 Å². The molecule has 0 aliphatic heterocycles. The molecule has 0 amide bonds. The van der Waals surface area contributed by atoms with Gasteiger partial charge in [-0.2, -0.15) is 0 Å². The van der Waals surface area contributed by atoms with E-state index in [2.05, 4.69) is 44.2 Å². The molecule has 0 bridgehead atoms. The first-order valence-electron chi connectivity index (χ1n) is 6.39. The summed E-state index contributed by atoms with van der Waals surface area (Å²) in [4.78, 5) is 2.29. The van der Waals surface area contributed by atoms with E-state index in [4.69, 9.17) is 0 Å². The molecule has 0 radical (unpaired) electrons. The van der Waals surface area contributed by atoms with Crippen LogP contribution in [0.15, 0.2) is 48.5 Å². The van der Waals surface area contributed by atoms with E-state index >= 15 is 0 Å². The minimum absolute atomic E-state index is 0.526. The van der Waals surface area contributed by atoms with E-state index in [1.807, 2.05) is 18.2 Å². The van der Waals surface area contributed by atoms with Crippen LogP contribution in [0.3, 0.4) is 0 Å². The van der Waals surface area contributed by atoms with E-state index < -0.39 is 6.10 Å². The van der Waals surface area contributed by atoms with E-state index in [0.717, 1.165) is 10.4 Å². The highest BCUT2D eigenvalue weighted by Crippen LogP contribution is 2.31. The molecule has 3 aromatic rings. The average Bonchev–Trinajstić information content (AvgIpc) is 2.77. The Morgan fingerprint density at radius 3 is 2.37 bits per heavy atom. The predicted octanol–water partition coefficient (Wildman–Crippen LogP) is 4.60. The summed E-state index contributed by atoms with van der Waals surface area (Å²) in [7, 11) is 0. The van der Waals surface area contributed by atoms with Crippen molar-refractivity contribution in [3.63, 3.8) is 0 Å². The number of thiophene rings is 1. The Kier molecular flexibility index (Phi) is 3.13. The molecule has 19 heavy (non-hydrogen) atoms. The van der Waals surface area contributed by atoms with Crippen LogP contribution in [0, 0.1) is 13.8 Å². The lowest BCUT2D eigenvalue weighted by Crippen LogP contribution is -1.96. The zero-order valence-corrected chi connectivity index (χ0v) is 11.9. The maximum atomic E-state index is 10.5. The third-order valence-corrected chi connectivity index (χ3v) is 4.75. The van der Waals surface area contributed by atoms with E-state index in [-0.39, 0.29) is 0 Å². The van der Waals surface area contributed by atoms with Crippen molar-refractivity contribution >= 4 is 22.1 Å². The Bertz CT molecular complexity index is 707. The van der Waals surface area contributed by atoms with Gasteiger partial charge < -0.3 is 5.11 Å². The van der Waals surface area contributed by atoms with Gasteiger partial charge in [0.1, 0.15) is 6.10 Å². The zero-order chi connectivity index (χ0) is 13.4. The van der Waals surface area contributed by atoms with Crippen LogP contribution < -0.4 is 0 Å². The van der Waals surface area contributed by atoms with Gasteiger partial charge in [0, 0.05) is 9.75 Å². The van der Waals surface area contributed by atoms with Gasteiger partial charge in [0.05, 0.1) is 0 Å². The number of hydrogen-bond acceptors (Lipinski definition) is 2. The molecule has 3 rings (SSSR count). The van der Waals surface area contributed by atoms with Crippen molar-refractivity contribution in [2.75, 3.05) is 0 Å². The monoisotopic (exact) mass is 268 g/mol. The molecule has 1 heterocycles. The van der Waals surface area contributed by atoms with Gasteiger partial charge in [-0.25, -0.2) is 0 Å². The van der Waals surface area contributed by atoms with Crippen molar-refractivity contribution in [2.24, 2.45) is 0 Å². The van der Waals surface area contributed by atoms with Gasteiger partial charge in [0.15, 0.2) is 0 Å². The van der Waals surface area contributed by atoms with Crippen molar-refractivity contribution in [1.29, 1.82) is 0 Å². The summed E-state index contributed by atoms with van der Waals surface area (Å²) in [5.74, 6) is 0. The highest BCUT2D eigenvalue weighted by atomic mass is 32.1. The number of aliphatic hydroxyl groups excluding tert-OH is 1. The van der Waals surface area contributed by atoms with Crippen molar-refractivity contribution in [3.05, 3.63) is 69.4 Å². The Labute approximate surface area is 117 Å². The van der Waals surface area contributed by atoms with Gasteiger partial charge in [-0.1, -0.05) is 36.4 Å². The molecule has 0 fully saturated rings. The second kappa shape index (κ2) is 4.80. The van der Waals surface area contributed by atoms with E-state index in [0.29, 0.717) is 0 Å². The molecule has 1 nitrogen and oxygen atoms in total. The quantitative estimate of drug-likeness (QED) is 0.720. The highest BCUT2D eigenvalue weighted by Gasteiger charge is 2.14. The normalized spacial score (nSPS) is 12.8. The maximum Gasteiger partial charge on any atom is 0.113 e. The van der Waals surface area contributed by atoms with Crippen molar-refractivity contribution in [3.8, 4) is 0 Å². The van der Waals surface area contributed by atoms with Crippen LogP contribution in [0.5, 0.6) is 0 Å². The molecule has 1 atom stereocenters. The number of hydrogen-bond donors (Lipinski definition) is 1. The van der Waals surface area contributed by atoms with Crippen molar-refractivity contribution in [2.45, 2.75) is 20.0 Å². The summed E-state index contributed by atoms with van der Waals surface area (Å²) in [5.41, 5.74) is 2.21. The standard InChI is InChI=1S/C17H16OS/c1-11-9-16(19-12(11)2)17(18)15-8-7-13-5-3-4-6-14(13)10-15/h3-10,17-18H,1-2H3. The second-order valence-electron chi connectivity index (χ2n) is 4.90. The summed E-state index contributed by atoms with van der Waals surface area (Å²) >= 11 is 1.67. The zero-order valence-electron chi connectivity index (χ0n) is 11.1. The van der Waals surface area contributed by atoms with Gasteiger partial charge in [-0.15, -0.1) is 11.3 Å². The average molecular weight is 268 g/mol. The Morgan fingerprint density at radius 1 is 0.947 bits per heavy atom. The number of benzene rings is 2. The smallest absolute Gasteiger partial charge is 0.113 e. The van der Waals surface area contributed by atoms with Crippen molar-refractivity contribution in [1.82, 2.24) is 0 Å². The minimum atomic E-state index is -0.526. The van der Waals surface area contributed by atoms with Crippen LogP contribution in [0.4, 0.5) is 0 Å². The predicted molar refractivity (Wildman–Crippen MR) is 81.8 cm³/mol. The number of rotatable bonds is 2. The van der Waals surface area contributed by atoms with Crippen molar-refractivity contribution < 1.29 is 5.11 Å². The summed E-state index contributed by atoms with van der Waals surface area (Å²) in [6.45, 7) is 4.18. The summed E-state index contributed by atoms with van der Waals surface area (Å²) in [5, 5.41) is 12.9. The first kappa shape index (κ1) is 12.4. The third-order valence-electron chi connectivity index (χ3n) is 3.54. The van der Waals surface area contributed by atoms with Gasteiger partial charge in [0.25, 0.3) is 0 Å². The first-order valence-corrected chi connectivity index (χ1v) is 7.20. The molecular formula is C17H16OS. The van der Waals surface area contributed by atoms with Crippen LogP contribution in [0.25, 0.3) is 10.8 Å². The summed E-state index contributed by atoms with van der Waals surface area (Å²) < 4.78 is 0. The lowest BCUT2D eigenvalue weighted by Gasteiger charge is -2.10. The molecule has 96 valence electrons. The maximum absolute atomic E-state index is 10.5. The molecule has 1 N–H and O–H groups in total. The van der Waals surface area contributed by atoms with E-state index in [1.54, 1.807) is 11.3 Å². The molecule has 2 heteroatoms. The Morgan fingerprint density at radius 2 is 1.68 bits per heavy atom. The highest BCUT2D eigenvalue weighted by molar-refractivity contribution is 7.12. The molecular weight excluding hydrogens is 252 g/mol. The SMILES string of the molecule is Cc1cc(C(O)c2ccc3ccccc3c2)sc1C. The third kappa shape index (κ3) is 2.29. The number of aliphatic hydroxyl groups is 1. The van der Waals surface area contributed by atoms with Gasteiger partial charge in [-0.3, -0.25) is 0 Å². The Balaban J connectivity index is 2.03. The second-order valence-corrected chi connectivity index (χ2v) is 6.18. The van der Waals surface area contributed by atoms with E-state index in [1.165, 1.54) is 21.2 Å². The molecule has 0 aliphatic rings. The number of aryl methyl sites for hydroxylation is 2. The fourth-order valence-corrected chi connectivity index (χ4v) is 3.34. The van der Waals surface area contributed by atoms with Crippen LogP contribution in [0.2, 0.25) is 0 Å². The Hall–Kier alpha value is -1.64. The summed E-state index contributed by atoms with van der Waals surface area (Å²) in [6.07, 6.45) is -0.526. The minimum Gasteiger partial charge on any atom is -0.383 e. The van der Waals surface area contributed by atoms with Crippen LogP contribution >= 0.6 is 11.3 Å². The van der Waals surface area contributed by atoms with Gasteiger partial charge in [0.2, 0.25) is 0 Å². The molecule has 0 saturated heterocycles. The molecule has 2 aromatic carbocycles. The molecule has 1 aromatic heterocycles. The van der Waals surface area contributed by atoms with Crippen LogP contribution in [-0.2, 0) is 0 Å². The molecule has 0 saturated carbocycles. The van der Waals surface area contributed by atoms with E-state index in [9.17, 15) is 5.11 Å². The molecule has 0 aliphatic carbocycles. The van der Waals surface area contributed by atoms with Crippen LogP contribution in [-0.4, -0.2) is 5.11 Å². The number of fused-ring (bicyclic) bond motifs is 1. The lowest BCUT2D eigenvalue weighted by molar-refractivity contribution is 0.224. The largest absolute Gasteiger partial charge is 0.383 e. The fourth-order valence-electron chi connectivity index (χ4n) is 2.28. The first-order chi connectivity index (χ1) is 9.15. The topological polar surface area (TPSA) is 20.2 Å². The summed E-state index contributed by atoms with van der Waals surface area (Å²) in [6, 6.07) is 16.5. The lowest BCUT2D eigenvalue weighted by atomic mass is 10.0. The molecule has 0 spiro atoms. The van der Waals surface area contributed by atoms with Crippen LogP contribution in [0.1, 0.15) is 27.0 Å². The fraction of sp³-hybridized carbons (Fsp3) is 0.176. The van der Waals surface area contributed by atoms with Gasteiger partial charge in [-0.05, 0) is 47.9 Å².